The van der Waals surface area contributed by atoms with E-state index in [1.165, 1.54) is 30.3 Å². The number of nitrogens with zero attached hydrogens (tertiary/aromatic N) is 3. The highest BCUT2D eigenvalue weighted by molar-refractivity contribution is 7.15. The Kier molecular flexibility index (Phi) is 4.58. The Balaban J connectivity index is 1.66. The van der Waals surface area contributed by atoms with Crippen molar-refractivity contribution < 1.29 is 33.9 Å². The van der Waals surface area contributed by atoms with E-state index in [1.54, 1.807) is 20.7 Å². The lowest BCUT2D eigenvalue weighted by atomic mass is 9.78. The average Bonchev–Trinajstić information content (AvgIpc) is 3.28. The standard InChI is InChI=1S/C18H20N4O6S/c1-8-10(15(17(25)26)22-14(8)13(9(2)23)16(22)24)4-20-5-12-21(7-20)11(6-29-12)19-18(27)28-3/h5-9,13-14,23H,4H2,1-3H3,(H-,19,25,26,27)/t8-,9+,13+,14+/m0/s1. The van der Waals surface area contributed by atoms with Gasteiger partial charge in [-0.1, -0.05) is 18.3 Å². The Bertz CT molecular complexity index is 1050. The van der Waals surface area contributed by atoms with Crippen molar-refractivity contribution in [1.82, 2.24) is 9.30 Å². The van der Waals surface area contributed by atoms with E-state index >= 15 is 0 Å². The number of β-lactam (4-membered cyclic amide) rings is 1. The normalized spacial score (nSPS) is 24.5. The van der Waals surface area contributed by atoms with Crippen molar-refractivity contribution in [3.05, 3.63) is 29.2 Å². The van der Waals surface area contributed by atoms with Crippen LogP contribution in [0.5, 0.6) is 0 Å². The van der Waals surface area contributed by atoms with E-state index in [1.807, 2.05) is 13.1 Å². The van der Waals surface area contributed by atoms with Gasteiger partial charge in [0.1, 0.15) is 12.7 Å². The first-order valence-corrected chi connectivity index (χ1v) is 9.91. The molecule has 2 aromatic heterocycles. The number of rotatable bonds is 5. The number of amides is 2. The molecule has 4 heterocycles. The fraction of sp³-hybridized carbons (Fsp3) is 0.444. The zero-order chi connectivity index (χ0) is 21.0. The van der Waals surface area contributed by atoms with Gasteiger partial charge in [-0.2, -0.15) is 4.40 Å². The zero-order valence-electron chi connectivity index (χ0n) is 16.0. The number of aliphatic hydroxyl groups excluding tert-OH is 1. The maximum Gasteiger partial charge on any atom is 0.414 e. The predicted octanol–water partition coefficient (Wildman–Crippen LogP) is -0.672. The van der Waals surface area contributed by atoms with Gasteiger partial charge in [-0.05, 0) is 6.92 Å². The summed E-state index contributed by atoms with van der Waals surface area (Å²) >= 11 is 1.40. The molecule has 0 aromatic carbocycles. The van der Waals surface area contributed by atoms with E-state index in [0.717, 1.165) is 4.83 Å². The van der Waals surface area contributed by atoms with Crippen LogP contribution >= 0.6 is 11.3 Å². The number of carboxylic acids is 1. The SMILES string of the molecule is COC(=O)Nc1csc2c[n+](CC3=C(C(=O)[O-])N4C(=O)[C@H]([C@@H](C)O)[C@H]4[C@H]3C)cn12. The lowest BCUT2D eigenvalue weighted by Gasteiger charge is -2.47. The molecule has 29 heavy (non-hydrogen) atoms. The van der Waals surface area contributed by atoms with Crippen LogP contribution in [0.15, 0.2) is 29.2 Å². The van der Waals surface area contributed by atoms with Crippen molar-refractivity contribution in [3.63, 3.8) is 0 Å². The Morgan fingerprint density at radius 1 is 1.48 bits per heavy atom. The van der Waals surface area contributed by atoms with Crippen LogP contribution in [0.25, 0.3) is 4.83 Å². The molecule has 1 fully saturated rings. The molecule has 0 aliphatic carbocycles. The molecule has 0 radical (unpaired) electrons. The molecule has 1 saturated heterocycles. The molecule has 2 amide bonds. The second kappa shape index (κ2) is 6.85. The first-order valence-electron chi connectivity index (χ1n) is 9.03. The molecule has 154 valence electrons. The number of hydrogen-bond acceptors (Lipinski definition) is 7. The van der Waals surface area contributed by atoms with Gasteiger partial charge in [0.2, 0.25) is 16.6 Å². The minimum atomic E-state index is -1.40. The van der Waals surface area contributed by atoms with E-state index in [4.69, 9.17) is 0 Å². The van der Waals surface area contributed by atoms with Gasteiger partial charge in [0.25, 0.3) is 6.33 Å². The Morgan fingerprint density at radius 3 is 2.83 bits per heavy atom. The van der Waals surface area contributed by atoms with Gasteiger partial charge < -0.3 is 24.6 Å². The third-order valence-electron chi connectivity index (χ3n) is 5.61. The lowest BCUT2D eigenvalue weighted by molar-refractivity contribution is -0.688. The highest BCUT2D eigenvalue weighted by atomic mass is 32.1. The molecule has 2 N–H and O–H groups in total. The number of fused-ring (bicyclic) bond motifs is 2. The van der Waals surface area contributed by atoms with Gasteiger partial charge in [-0.3, -0.25) is 10.1 Å². The molecule has 4 rings (SSSR count). The monoisotopic (exact) mass is 420 g/mol. The number of anilines is 1. The van der Waals surface area contributed by atoms with Crippen LogP contribution in [-0.2, 0) is 20.9 Å². The van der Waals surface area contributed by atoms with Crippen molar-refractivity contribution >= 4 is 40.0 Å². The summed E-state index contributed by atoms with van der Waals surface area (Å²) < 4.78 is 8.15. The molecule has 0 saturated carbocycles. The van der Waals surface area contributed by atoms with Gasteiger partial charge >= 0.3 is 6.09 Å². The van der Waals surface area contributed by atoms with Crippen LogP contribution in [0.2, 0.25) is 0 Å². The molecule has 10 nitrogen and oxygen atoms in total. The number of aliphatic carboxylic acids is 1. The Hall–Kier alpha value is -2.92. The summed E-state index contributed by atoms with van der Waals surface area (Å²) in [5.74, 6) is -2.12. The maximum atomic E-state index is 12.4. The minimum absolute atomic E-state index is 0.112. The average molecular weight is 420 g/mol. The number of carboxylic acid groups (broad SMARTS) is 1. The number of carbonyl (C=O) groups is 3. The van der Waals surface area contributed by atoms with E-state index < -0.39 is 30.0 Å². The highest BCUT2D eigenvalue weighted by Gasteiger charge is 2.58. The number of aliphatic hydroxyl groups is 1. The largest absolute Gasteiger partial charge is 0.543 e. The summed E-state index contributed by atoms with van der Waals surface area (Å²) in [4.78, 5) is 37.7. The van der Waals surface area contributed by atoms with Gasteiger partial charge in [-0.25, -0.2) is 9.36 Å². The van der Waals surface area contributed by atoms with Crippen molar-refractivity contribution in [3.8, 4) is 0 Å². The third-order valence-corrected chi connectivity index (χ3v) is 6.49. The first-order chi connectivity index (χ1) is 13.7. The van der Waals surface area contributed by atoms with E-state index in [2.05, 4.69) is 10.1 Å². The van der Waals surface area contributed by atoms with Crippen molar-refractivity contribution in [1.29, 1.82) is 0 Å². The molecule has 0 bridgehead atoms. The molecule has 2 aliphatic rings. The molecule has 0 unspecified atom stereocenters. The summed E-state index contributed by atoms with van der Waals surface area (Å²) in [6, 6.07) is -0.383. The summed E-state index contributed by atoms with van der Waals surface area (Å²) in [5, 5.41) is 26.1. The molecule has 2 aliphatic heterocycles. The smallest absolute Gasteiger partial charge is 0.414 e. The van der Waals surface area contributed by atoms with E-state index in [0.29, 0.717) is 11.4 Å². The zero-order valence-corrected chi connectivity index (χ0v) is 16.8. The van der Waals surface area contributed by atoms with Gasteiger partial charge in [0.05, 0.1) is 42.2 Å². The maximum absolute atomic E-state index is 12.4. The highest BCUT2D eigenvalue weighted by Crippen LogP contribution is 2.46. The van der Waals surface area contributed by atoms with Gasteiger partial charge in [0, 0.05) is 11.5 Å². The number of aromatic nitrogens is 2. The summed E-state index contributed by atoms with van der Waals surface area (Å²) in [5.41, 5.74) is 0.455. The fourth-order valence-electron chi connectivity index (χ4n) is 4.25. The number of imidazole rings is 1. The number of ether oxygens (including phenoxy) is 1. The van der Waals surface area contributed by atoms with Crippen LogP contribution in [0.3, 0.4) is 0 Å². The Morgan fingerprint density at radius 2 is 2.21 bits per heavy atom. The third kappa shape index (κ3) is 2.88. The molecular formula is C18H20N4O6S. The van der Waals surface area contributed by atoms with Gasteiger partial charge in [-0.15, -0.1) is 0 Å². The van der Waals surface area contributed by atoms with Crippen LogP contribution in [0, 0.1) is 11.8 Å². The van der Waals surface area contributed by atoms with Crippen LogP contribution in [0.4, 0.5) is 10.6 Å². The first kappa shape index (κ1) is 19.4. The quantitative estimate of drug-likeness (QED) is 0.488. The second-order valence-corrected chi connectivity index (χ2v) is 8.17. The second-order valence-electron chi connectivity index (χ2n) is 7.28. The topological polar surface area (TPSA) is 127 Å². The summed E-state index contributed by atoms with van der Waals surface area (Å²) in [6.45, 7) is 3.63. The molecule has 4 atom stereocenters. The predicted molar refractivity (Wildman–Crippen MR) is 98.5 cm³/mol. The van der Waals surface area contributed by atoms with Crippen molar-refractivity contribution in [2.24, 2.45) is 11.8 Å². The summed E-state index contributed by atoms with van der Waals surface area (Å²) in [7, 11) is 1.27. The number of methoxy groups -OCH3 is 1. The minimum Gasteiger partial charge on any atom is -0.543 e. The Labute approximate surface area is 169 Å². The number of hydrogen-bond donors (Lipinski definition) is 2. The van der Waals surface area contributed by atoms with Gasteiger partial charge in [0.15, 0.2) is 0 Å². The molecular weight excluding hydrogens is 400 g/mol. The van der Waals surface area contributed by atoms with Crippen molar-refractivity contribution in [2.45, 2.75) is 32.5 Å². The number of nitrogens with one attached hydrogen (secondary N) is 1. The molecule has 2 aromatic rings. The molecule has 0 spiro atoms. The summed E-state index contributed by atoms with van der Waals surface area (Å²) in [6.07, 6.45) is 2.10. The van der Waals surface area contributed by atoms with Crippen molar-refractivity contribution in [2.75, 3.05) is 12.4 Å². The lowest BCUT2D eigenvalue weighted by Crippen LogP contribution is -2.64. The van der Waals surface area contributed by atoms with Crippen LogP contribution < -0.4 is 15.0 Å². The van der Waals surface area contributed by atoms with Crippen LogP contribution in [0.1, 0.15) is 13.8 Å². The van der Waals surface area contributed by atoms with Crippen LogP contribution in [-0.4, -0.2) is 51.6 Å². The van der Waals surface area contributed by atoms with E-state index in [9.17, 15) is 24.6 Å². The molecule has 11 heteroatoms. The van der Waals surface area contributed by atoms with E-state index in [-0.39, 0.29) is 24.2 Å². The number of carbonyl (C=O) groups excluding carboxylic acids is 3. The number of thiazole rings is 1. The fourth-order valence-corrected chi connectivity index (χ4v) is 5.11.